The van der Waals surface area contributed by atoms with Crippen molar-refractivity contribution >= 4 is 23.7 Å². The minimum Gasteiger partial charge on any atom is -0.370 e. The number of thioether (sulfide) groups is 1. The van der Waals surface area contributed by atoms with Crippen molar-refractivity contribution < 1.29 is 0 Å². The van der Waals surface area contributed by atoms with Gasteiger partial charge in [0.15, 0.2) is 5.96 Å². The van der Waals surface area contributed by atoms with Crippen molar-refractivity contribution in [1.82, 2.24) is 4.90 Å². The first-order chi connectivity index (χ1) is 6.63. The molecule has 0 aromatic heterocycles. The molecule has 5 N–H and O–H groups in total. The highest BCUT2D eigenvalue weighted by Crippen LogP contribution is 2.21. The molecule has 1 saturated heterocycles. The fourth-order valence-corrected chi connectivity index (χ4v) is 2.53. The predicted octanol–water partition coefficient (Wildman–Crippen LogP) is 0.0220. The molecule has 0 aliphatic carbocycles. The maximum absolute atomic E-state index is 7.65. The molecule has 1 rings (SSSR count). The highest BCUT2D eigenvalue weighted by atomic mass is 32.2. The third-order valence-electron chi connectivity index (χ3n) is 2.13. The van der Waals surface area contributed by atoms with E-state index in [4.69, 9.17) is 16.9 Å². The topological polar surface area (TPSA) is 91.5 Å². The zero-order chi connectivity index (χ0) is 10.6. The van der Waals surface area contributed by atoms with Gasteiger partial charge in [0, 0.05) is 24.1 Å². The molecular weight excluding hydrogens is 198 g/mol. The Morgan fingerprint density at radius 1 is 1.64 bits per heavy atom. The largest absolute Gasteiger partial charge is 0.370 e. The monoisotopic (exact) mass is 215 g/mol. The second-order valence-electron chi connectivity index (χ2n) is 3.21. The third-order valence-corrected chi connectivity index (χ3v) is 3.50. The van der Waals surface area contributed by atoms with Gasteiger partial charge in [-0.1, -0.05) is 6.92 Å². The van der Waals surface area contributed by atoms with Gasteiger partial charge in [0.25, 0.3) is 0 Å². The number of nitrogens with zero attached hydrogens (tertiary/aromatic N) is 2. The van der Waals surface area contributed by atoms with Gasteiger partial charge in [-0.3, -0.25) is 5.41 Å². The molecule has 6 heteroatoms. The average Bonchev–Trinajstić information content (AvgIpc) is 2.17. The van der Waals surface area contributed by atoms with Crippen LogP contribution in [-0.2, 0) is 0 Å². The molecule has 1 aliphatic rings. The van der Waals surface area contributed by atoms with Crippen molar-refractivity contribution in [3.05, 3.63) is 0 Å². The molecule has 5 nitrogen and oxygen atoms in total. The maximum Gasteiger partial charge on any atom is 0.221 e. The van der Waals surface area contributed by atoms with Gasteiger partial charge in [-0.05, 0) is 6.42 Å². The number of guanidine groups is 2. The Balaban J connectivity index is 2.51. The molecule has 1 unspecified atom stereocenters. The van der Waals surface area contributed by atoms with E-state index in [9.17, 15) is 0 Å². The van der Waals surface area contributed by atoms with Gasteiger partial charge in [0.2, 0.25) is 5.96 Å². The van der Waals surface area contributed by atoms with E-state index in [0.717, 1.165) is 25.3 Å². The van der Waals surface area contributed by atoms with Gasteiger partial charge in [-0.25, -0.2) is 0 Å². The van der Waals surface area contributed by atoms with E-state index >= 15 is 0 Å². The van der Waals surface area contributed by atoms with Gasteiger partial charge < -0.3 is 16.4 Å². The van der Waals surface area contributed by atoms with Crippen molar-refractivity contribution in [3.8, 4) is 0 Å². The first-order valence-electron chi connectivity index (χ1n) is 4.68. The second kappa shape index (κ2) is 5.09. The minimum absolute atomic E-state index is 0.0405. The molecule has 1 atom stereocenters. The van der Waals surface area contributed by atoms with Gasteiger partial charge in [0.1, 0.15) is 0 Å². The summed E-state index contributed by atoms with van der Waals surface area (Å²) < 4.78 is 0. The highest BCUT2D eigenvalue weighted by Gasteiger charge is 2.20. The summed E-state index contributed by atoms with van der Waals surface area (Å²) in [6, 6.07) is 0. The molecule has 1 heterocycles. The molecule has 0 radical (unpaired) electrons. The first kappa shape index (κ1) is 11.2. The molecule has 0 bridgehead atoms. The number of aliphatic imine (C=N–C) groups is 1. The van der Waals surface area contributed by atoms with Crippen LogP contribution >= 0.6 is 11.8 Å². The van der Waals surface area contributed by atoms with E-state index in [1.807, 2.05) is 16.7 Å². The Morgan fingerprint density at radius 3 is 2.93 bits per heavy atom. The fraction of sp³-hybridized carbons (Fsp3) is 0.750. The summed E-state index contributed by atoms with van der Waals surface area (Å²) in [5, 5.41) is 8.24. The van der Waals surface area contributed by atoms with Gasteiger partial charge in [0.05, 0.1) is 0 Å². The predicted molar refractivity (Wildman–Crippen MR) is 61.6 cm³/mol. The van der Waals surface area contributed by atoms with Crippen molar-refractivity contribution in [2.45, 2.75) is 18.6 Å². The van der Waals surface area contributed by atoms with Crippen molar-refractivity contribution in [3.63, 3.8) is 0 Å². The molecule has 0 amide bonds. The summed E-state index contributed by atoms with van der Waals surface area (Å²) in [7, 11) is 0. The molecule has 80 valence electrons. The maximum atomic E-state index is 7.65. The summed E-state index contributed by atoms with van der Waals surface area (Å²) in [4.78, 5) is 5.66. The lowest BCUT2D eigenvalue weighted by Gasteiger charge is -2.31. The van der Waals surface area contributed by atoms with Gasteiger partial charge >= 0.3 is 0 Å². The number of nitrogens with two attached hydrogens (primary N) is 2. The molecule has 1 fully saturated rings. The summed E-state index contributed by atoms with van der Waals surface area (Å²) in [6.07, 6.45) is 1.12. The second-order valence-corrected chi connectivity index (χ2v) is 4.62. The zero-order valence-electron chi connectivity index (χ0n) is 8.36. The quantitative estimate of drug-likeness (QED) is 0.425. The standard InChI is InChI=1S/C8H17N5S/c1-2-6-5-13(3-4-14-6)8(11)12-7(9)10/h6H,2-5H2,1H3,(H5,9,10,11,12). The summed E-state index contributed by atoms with van der Waals surface area (Å²) >= 11 is 1.95. The molecule has 1 aliphatic heterocycles. The van der Waals surface area contributed by atoms with Gasteiger partial charge in [-0.2, -0.15) is 16.8 Å². The average molecular weight is 215 g/mol. The lowest BCUT2D eigenvalue weighted by atomic mass is 10.3. The van der Waals surface area contributed by atoms with E-state index in [1.165, 1.54) is 0 Å². The third kappa shape index (κ3) is 3.10. The molecular formula is C8H17N5S. The Kier molecular flexibility index (Phi) is 4.06. The van der Waals surface area contributed by atoms with Crippen LogP contribution in [0.1, 0.15) is 13.3 Å². The van der Waals surface area contributed by atoms with Crippen LogP contribution in [0.15, 0.2) is 4.99 Å². The molecule has 0 aromatic carbocycles. The molecule has 0 spiro atoms. The van der Waals surface area contributed by atoms with Crippen LogP contribution in [-0.4, -0.2) is 40.9 Å². The van der Waals surface area contributed by atoms with Crippen LogP contribution in [0.25, 0.3) is 0 Å². The van der Waals surface area contributed by atoms with E-state index in [2.05, 4.69) is 11.9 Å². The van der Waals surface area contributed by atoms with Crippen molar-refractivity contribution in [2.24, 2.45) is 16.5 Å². The molecule has 14 heavy (non-hydrogen) atoms. The van der Waals surface area contributed by atoms with E-state index in [1.54, 1.807) is 0 Å². The number of hydrogen-bond acceptors (Lipinski definition) is 2. The highest BCUT2D eigenvalue weighted by molar-refractivity contribution is 8.00. The molecule has 0 saturated carbocycles. The first-order valence-corrected chi connectivity index (χ1v) is 5.73. The van der Waals surface area contributed by atoms with Crippen LogP contribution in [0.2, 0.25) is 0 Å². The number of hydrogen-bond donors (Lipinski definition) is 3. The van der Waals surface area contributed by atoms with E-state index in [0.29, 0.717) is 5.25 Å². The zero-order valence-corrected chi connectivity index (χ0v) is 9.18. The minimum atomic E-state index is -0.0405. The normalized spacial score (nSPS) is 21.8. The molecule has 0 aromatic rings. The fourth-order valence-electron chi connectivity index (χ4n) is 1.35. The van der Waals surface area contributed by atoms with Crippen molar-refractivity contribution in [2.75, 3.05) is 18.8 Å². The van der Waals surface area contributed by atoms with Crippen molar-refractivity contribution in [1.29, 1.82) is 5.41 Å². The Morgan fingerprint density at radius 2 is 2.36 bits per heavy atom. The Labute approximate surface area is 88.4 Å². The van der Waals surface area contributed by atoms with E-state index in [-0.39, 0.29) is 11.9 Å². The number of nitrogens with one attached hydrogen (secondary N) is 1. The summed E-state index contributed by atoms with van der Waals surface area (Å²) in [5.74, 6) is 1.19. The van der Waals surface area contributed by atoms with Crippen LogP contribution in [0.5, 0.6) is 0 Å². The van der Waals surface area contributed by atoms with Crippen LogP contribution < -0.4 is 11.5 Å². The SMILES string of the molecule is CCC1CN(C(=N)N=C(N)N)CCS1. The summed E-state index contributed by atoms with van der Waals surface area (Å²) in [5.41, 5.74) is 10.4. The lowest BCUT2D eigenvalue weighted by Crippen LogP contribution is -2.42. The Bertz CT molecular complexity index is 236. The smallest absolute Gasteiger partial charge is 0.221 e. The number of rotatable bonds is 1. The summed E-state index contributed by atoms with van der Waals surface area (Å²) in [6.45, 7) is 3.89. The van der Waals surface area contributed by atoms with Gasteiger partial charge in [-0.15, -0.1) is 0 Å². The van der Waals surface area contributed by atoms with Crippen LogP contribution in [0.3, 0.4) is 0 Å². The van der Waals surface area contributed by atoms with Crippen LogP contribution in [0.4, 0.5) is 0 Å². The van der Waals surface area contributed by atoms with E-state index < -0.39 is 0 Å². The lowest BCUT2D eigenvalue weighted by molar-refractivity contribution is 0.418. The Hall–Kier alpha value is -0.910. The van der Waals surface area contributed by atoms with Crippen LogP contribution in [0, 0.1) is 5.41 Å².